The Balaban J connectivity index is 1.80. The van der Waals surface area contributed by atoms with Gasteiger partial charge in [0, 0.05) is 42.8 Å². The van der Waals surface area contributed by atoms with E-state index in [9.17, 15) is 14.0 Å². The first-order chi connectivity index (χ1) is 17.6. The number of rotatable bonds is 6. The van der Waals surface area contributed by atoms with Crippen LogP contribution in [0.1, 0.15) is 82.4 Å². The first kappa shape index (κ1) is 29.6. The number of halogens is 1. The number of benzene rings is 2. The lowest BCUT2D eigenvalue weighted by atomic mass is 9.78. The van der Waals surface area contributed by atoms with Gasteiger partial charge in [0.25, 0.3) is 5.91 Å². The van der Waals surface area contributed by atoms with Crippen LogP contribution in [0.4, 0.5) is 4.39 Å². The number of piperazine rings is 1. The summed E-state index contributed by atoms with van der Waals surface area (Å²) in [7, 11) is 1.38. The third-order valence-corrected chi connectivity index (χ3v) is 7.20. The average Bonchev–Trinajstić information content (AvgIpc) is 2.83. The van der Waals surface area contributed by atoms with Crippen molar-refractivity contribution < 1.29 is 23.5 Å². The molecule has 0 spiro atoms. The van der Waals surface area contributed by atoms with Crippen LogP contribution in [0, 0.1) is 5.82 Å². The Labute approximate surface area is 227 Å². The molecule has 1 heterocycles. The summed E-state index contributed by atoms with van der Waals surface area (Å²) in [6.45, 7) is 18.5. The topological polar surface area (TPSA) is 59.1 Å². The minimum atomic E-state index is -0.398. The van der Waals surface area contributed by atoms with Crippen LogP contribution in [0.15, 0.2) is 36.4 Å². The Hall–Kier alpha value is -2.93. The van der Waals surface area contributed by atoms with Crippen molar-refractivity contribution in [2.45, 2.75) is 84.8 Å². The van der Waals surface area contributed by atoms with E-state index in [2.05, 4.69) is 53.4 Å². The van der Waals surface area contributed by atoms with Crippen LogP contribution < -0.4 is 4.74 Å². The molecule has 38 heavy (non-hydrogen) atoms. The number of carbonyl (C=O) groups is 2. The molecule has 0 aliphatic carbocycles. The number of amides is 1. The molecule has 6 nitrogen and oxygen atoms in total. The Bertz CT molecular complexity index is 1110. The zero-order valence-corrected chi connectivity index (χ0v) is 24.4. The maximum absolute atomic E-state index is 13.4. The van der Waals surface area contributed by atoms with E-state index in [1.165, 1.54) is 19.2 Å². The molecule has 1 fully saturated rings. The van der Waals surface area contributed by atoms with Gasteiger partial charge in [0.05, 0.1) is 12.7 Å². The van der Waals surface area contributed by atoms with Gasteiger partial charge in [-0.2, -0.15) is 0 Å². The van der Waals surface area contributed by atoms with Gasteiger partial charge < -0.3 is 14.4 Å². The van der Waals surface area contributed by atoms with Crippen LogP contribution in [0.3, 0.4) is 0 Å². The predicted octanol–water partition coefficient (Wildman–Crippen LogP) is 5.71. The summed E-state index contributed by atoms with van der Waals surface area (Å²) >= 11 is 0. The number of esters is 1. The molecule has 1 saturated heterocycles. The quantitative estimate of drug-likeness (QED) is 0.452. The van der Waals surface area contributed by atoms with Crippen molar-refractivity contribution in [3.05, 3.63) is 64.5 Å². The van der Waals surface area contributed by atoms with Gasteiger partial charge in [-0.25, -0.2) is 9.18 Å². The van der Waals surface area contributed by atoms with E-state index in [0.29, 0.717) is 24.4 Å². The second kappa shape index (κ2) is 11.4. The van der Waals surface area contributed by atoms with Gasteiger partial charge in [-0.05, 0) is 54.5 Å². The highest BCUT2D eigenvalue weighted by Gasteiger charge is 2.34. The fourth-order valence-corrected chi connectivity index (χ4v) is 4.94. The summed E-state index contributed by atoms with van der Waals surface area (Å²) in [6.07, 6.45) is 0. The van der Waals surface area contributed by atoms with Crippen molar-refractivity contribution in [3.63, 3.8) is 0 Å². The van der Waals surface area contributed by atoms with Crippen molar-refractivity contribution in [1.82, 2.24) is 9.80 Å². The summed E-state index contributed by atoms with van der Waals surface area (Å²) in [4.78, 5) is 30.1. The maximum Gasteiger partial charge on any atom is 0.337 e. The van der Waals surface area contributed by atoms with E-state index in [0.717, 1.165) is 23.2 Å². The van der Waals surface area contributed by atoms with E-state index < -0.39 is 5.97 Å². The van der Waals surface area contributed by atoms with Gasteiger partial charge in [-0.15, -0.1) is 0 Å². The van der Waals surface area contributed by atoms with Gasteiger partial charge in [0.1, 0.15) is 11.6 Å². The molecular formula is C31H43FN2O4. The molecule has 208 valence electrons. The molecule has 2 atom stereocenters. The molecule has 3 rings (SSSR count). The maximum atomic E-state index is 13.4. The summed E-state index contributed by atoms with van der Waals surface area (Å²) in [5, 5.41) is 0. The van der Waals surface area contributed by atoms with Gasteiger partial charge in [-0.3, -0.25) is 9.69 Å². The molecule has 0 N–H and O–H groups in total. The van der Waals surface area contributed by atoms with E-state index >= 15 is 0 Å². The average molecular weight is 527 g/mol. The molecule has 0 unspecified atom stereocenters. The van der Waals surface area contributed by atoms with E-state index in [1.54, 1.807) is 0 Å². The molecule has 0 aromatic heterocycles. The second-order valence-electron chi connectivity index (χ2n) is 12.5. The predicted molar refractivity (Wildman–Crippen MR) is 148 cm³/mol. The molecule has 1 aliphatic heterocycles. The summed E-state index contributed by atoms with van der Waals surface area (Å²) < 4.78 is 24.6. The third-order valence-electron chi connectivity index (χ3n) is 7.20. The van der Waals surface area contributed by atoms with Crippen LogP contribution in [0.2, 0.25) is 0 Å². The van der Waals surface area contributed by atoms with Crippen LogP contribution >= 0.6 is 0 Å². The van der Waals surface area contributed by atoms with Crippen LogP contribution in [0.5, 0.6) is 5.75 Å². The lowest BCUT2D eigenvalue weighted by Gasteiger charge is -2.44. The van der Waals surface area contributed by atoms with Gasteiger partial charge in [-0.1, -0.05) is 53.7 Å². The minimum Gasteiger partial charge on any atom is -0.483 e. The van der Waals surface area contributed by atoms with E-state index in [1.807, 2.05) is 36.1 Å². The summed E-state index contributed by atoms with van der Waals surface area (Å²) in [6, 6.07) is 10.4. The molecule has 1 aliphatic rings. The number of ether oxygens (including phenoxy) is 2. The lowest BCUT2D eigenvalue weighted by Crippen LogP contribution is -2.58. The standard InChI is InChI=1S/C31H43FN2O4/c1-20-17-34(21(2)16-33(20)18-22-10-12-24(32)13-11-22)27(35)19-38-28-25(30(3,4)5)14-23(29(36)37-9)15-26(28)31(6,7)8/h10-15,20-21H,16-19H2,1-9H3/t20-,21+/m1/s1. The summed E-state index contributed by atoms with van der Waals surface area (Å²) in [5.41, 5.74) is 2.60. The highest BCUT2D eigenvalue weighted by molar-refractivity contribution is 5.90. The highest BCUT2D eigenvalue weighted by atomic mass is 19.1. The Morgan fingerprint density at radius 3 is 1.97 bits per heavy atom. The van der Waals surface area contributed by atoms with Crippen LogP contribution in [-0.2, 0) is 26.9 Å². The van der Waals surface area contributed by atoms with Crippen LogP contribution in [-0.4, -0.2) is 60.6 Å². The molecule has 2 aromatic rings. The van der Waals surface area contributed by atoms with Gasteiger partial charge >= 0.3 is 5.97 Å². The van der Waals surface area contributed by atoms with Crippen molar-refractivity contribution >= 4 is 11.9 Å². The number of carbonyl (C=O) groups excluding carboxylic acids is 2. The fourth-order valence-electron chi connectivity index (χ4n) is 4.94. The lowest BCUT2D eigenvalue weighted by molar-refractivity contribution is -0.139. The molecule has 0 saturated carbocycles. The van der Waals surface area contributed by atoms with Crippen molar-refractivity contribution in [1.29, 1.82) is 0 Å². The highest BCUT2D eigenvalue weighted by Crippen LogP contribution is 2.41. The molecule has 7 heteroatoms. The third kappa shape index (κ3) is 6.93. The number of nitrogens with zero attached hydrogens (tertiary/aromatic N) is 2. The van der Waals surface area contributed by atoms with Gasteiger partial charge in [0.2, 0.25) is 0 Å². The number of hydrogen-bond donors (Lipinski definition) is 0. The largest absolute Gasteiger partial charge is 0.483 e. The monoisotopic (exact) mass is 526 g/mol. The van der Waals surface area contributed by atoms with Crippen molar-refractivity contribution in [3.8, 4) is 5.75 Å². The minimum absolute atomic E-state index is 0.00798. The normalized spacial score (nSPS) is 18.8. The van der Waals surface area contributed by atoms with Crippen LogP contribution in [0.25, 0.3) is 0 Å². The Kier molecular flexibility index (Phi) is 8.92. The number of methoxy groups -OCH3 is 1. The Morgan fingerprint density at radius 2 is 1.47 bits per heavy atom. The van der Waals surface area contributed by atoms with E-state index in [-0.39, 0.29) is 41.2 Å². The smallest absolute Gasteiger partial charge is 0.337 e. The zero-order valence-electron chi connectivity index (χ0n) is 24.4. The first-order valence-electron chi connectivity index (χ1n) is 13.3. The van der Waals surface area contributed by atoms with Crippen molar-refractivity contribution in [2.24, 2.45) is 0 Å². The molecular weight excluding hydrogens is 483 g/mol. The molecule has 0 bridgehead atoms. The van der Waals surface area contributed by atoms with Gasteiger partial charge in [0.15, 0.2) is 6.61 Å². The SMILES string of the molecule is COC(=O)c1cc(C(C)(C)C)c(OCC(=O)N2C[C@@H](C)N(Cc3ccc(F)cc3)C[C@@H]2C)c(C(C)(C)C)c1. The second-order valence-corrected chi connectivity index (χ2v) is 12.5. The first-order valence-corrected chi connectivity index (χ1v) is 13.3. The molecule has 1 amide bonds. The van der Waals surface area contributed by atoms with Crippen molar-refractivity contribution in [2.75, 3.05) is 26.8 Å². The fraction of sp³-hybridized carbons (Fsp3) is 0.548. The molecule has 2 aromatic carbocycles. The zero-order chi connectivity index (χ0) is 28.4. The number of hydrogen-bond acceptors (Lipinski definition) is 5. The van der Waals surface area contributed by atoms with E-state index in [4.69, 9.17) is 9.47 Å². The Morgan fingerprint density at radius 1 is 0.921 bits per heavy atom. The molecule has 0 radical (unpaired) electrons. The summed E-state index contributed by atoms with van der Waals surface area (Å²) in [5.74, 6) is -0.0519.